The molecular weight excluding hydrogens is 234 g/mol. The van der Waals surface area contributed by atoms with Gasteiger partial charge in [0.1, 0.15) is 5.75 Å². The molecule has 0 aliphatic heterocycles. The first-order valence-electron chi connectivity index (χ1n) is 7.12. The zero-order valence-corrected chi connectivity index (χ0v) is 11.4. The van der Waals surface area contributed by atoms with Gasteiger partial charge in [-0.3, -0.25) is 0 Å². The first-order chi connectivity index (χ1) is 9.20. The Bertz CT molecular complexity index is 572. The van der Waals surface area contributed by atoms with E-state index in [2.05, 4.69) is 36.4 Å². The van der Waals surface area contributed by atoms with Gasteiger partial charge in [-0.1, -0.05) is 24.3 Å². The maximum Gasteiger partial charge on any atom is 0.119 e. The molecule has 0 aromatic heterocycles. The molecule has 2 N–H and O–H groups in total. The van der Waals surface area contributed by atoms with Gasteiger partial charge < -0.3 is 10.5 Å². The Morgan fingerprint density at radius 3 is 2.63 bits per heavy atom. The lowest BCUT2D eigenvalue weighted by Crippen LogP contribution is -2.17. The summed E-state index contributed by atoms with van der Waals surface area (Å²) in [7, 11) is 0. The molecule has 0 spiro atoms. The lowest BCUT2D eigenvalue weighted by molar-refractivity contribution is 0.300. The number of rotatable bonds is 5. The van der Waals surface area contributed by atoms with Gasteiger partial charge in [0.2, 0.25) is 0 Å². The molecular formula is C17H21NO. The molecule has 0 radical (unpaired) electrons. The third-order valence-electron chi connectivity index (χ3n) is 3.62. The smallest absolute Gasteiger partial charge is 0.119 e. The topological polar surface area (TPSA) is 35.2 Å². The van der Waals surface area contributed by atoms with Crippen LogP contribution in [-0.2, 0) is 6.42 Å². The second kappa shape index (κ2) is 5.22. The molecule has 0 saturated heterocycles. The van der Waals surface area contributed by atoms with E-state index in [9.17, 15) is 0 Å². The molecule has 100 valence electrons. The highest BCUT2D eigenvalue weighted by atomic mass is 16.5. The fraction of sp³-hybridized carbons (Fsp3) is 0.412. The fourth-order valence-corrected chi connectivity index (χ4v) is 2.36. The summed E-state index contributed by atoms with van der Waals surface area (Å²) in [5, 5.41) is 2.50. The number of hydrogen-bond acceptors (Lipinski definition) is 2. The van der Waals surface area contributed by atoms with Crippen molar-refractivity contribution in [1.82, 2.24) is 0 Å². The van der Waals surface area contributed by atoms with Gasteiger partial charge in [-0.05, 0) is 60.6 Å². The van der Waals surface area contributed by atoms with Gasteiger partial charge in [0.25, 0.3) is 0 Å². The van der Waals surface area contributed by atoms with Crippen molar-refractivity contribution in [1.29, 1.82) is 0 Å². The van der Waals surface area contributed by atoms with Crippen LogP contribution in [0, 0.1) is 5.92 Å². The number of fused-ring (bicyclic) bond motifs is 1. The van der Waals surface area contributed by atoms with E-state index in [0.717, 1.165) is 24.7 Å². The lowest BCUT2D eigenvalue weighted by atomic mass is 10.0. The lowest BCUT2D eigenvalue weighted by Gasteiger charge is -2.09. The molecule has 1 fully saturated rings. The minimum absolute atomic E-state index is 0.207. The Hall–Kier alpha value is -1.54. The summed E-state index contributed by atoms with van der Waals surface area (Å²) in [5.74, 6) is 1.78. The Kier molecular flexibility index (Phi) is 3.43. The van der Waals surface area contributed by atoms with Crippen LogP contribution in [-0.4, -0.2) is 12.6 Å². The summed E-state index contributed by atoms with van der Waals surface area (Å²) in [6.07, 6.45) is 3.58. The average molecular weight is 255 g/mol. The molecule has 2 nitrogen and oxygen atoms in total. The van der Waals surface area contributed by atoms with Crippen LogP contribution in [0.25, 0.3) is 10.8 Å². The van der Waals surface area contributed by atoms with Gasteiger partial charge in [0, 0.05) is 6.04 Å². The summed E-state index contributed by atoms with van der Waals surface area (Å²) in [6.45, 7) is 2.91. The molecule has 3 rings (SSSR count). The minimum Gasteiger partial charge on any atom is -0.493 e. The van der Waals surface area contributed by atoms with Crippen LogP contribution in [0.2, 0.25) is 0 Å². The van der Waals surface area contributed by atoms with E-state index in [-0.39, 0.29) is 6.04 Å². The highest BCUT2D eigenvalue weighted by molar-refractivity contribution is 5.84. The van der Waals surface area contributed by atoms with Crippen molar-refractivity contribution in [2.24, 2.45) is 11.7 Å². The highest BCUT2D eigenvalue weighted by Crippen LogP contribution is 2.30. The van der Waals surface area contributed by atoms with Gasteiger partial charge in [-0.25, -0.2) is 0 Å². The van der Waals surface area contributed by atoms with Crippen molar-refractivity contribution in [3.63, 3.8) is 0 Å². The maximum absolute atomic E-state index is 5.85. The maximum atomic E-state index is 5.85. The molecule has 2 aromatic carbocycles. The first kappa shape index (κ1) is 12.5. The second-order valence-corrected chi connectivity index (χ2v) is 5.78. The number of benzene rings is 2. The molecule has 0 amide bonds. The van der Waals surface area contributed by atoms with E-state index in [1.165, 1.54) is 29.2 Å². The third kappa shape index (κ3) is 3.27. The summed E-state index contributed by atoms with van der Waals surface area (Å²) in [5.41, 5.74) is 7.15. The molecule has 1 aliphatic rings. The van der Waals surface area contributed by atoms with Gasteiger partial charge in [-0.2, -0.15) is 0 Å². The third-order valence-corrected chi connectivity index (χ3v) is 3.62. The molecule has 1 unspecified atom stereocenters. The molecule has 0 heterocycles. The summed E-state index contributed by atoms with van der Waals surface area (Å²) < 4.78 is 5.81. The van der Waals surface area contributed by atoms with E-state index >= 15 is 0 Å². The molecule has 1 aliphatic carbocycles. The predicted molar refractivity (Wildman–Crippen MR) is 79.5 cm³/mol. The van der Waals surface area contributed by atoms with Crippen molar-refractivity contribution in [3.8, 4) is 5.75 Å². The number of nitrogens with two attached hydrogens (primary N) is 1. The van der Waals surface area contributed by atoms with Crippen molar-refractivity contribution in [3.05, 3.63) is 42.0 Å². The Morgan fingerprint density at radius 1 is 1.16 bits per heavy atom. The summed E-state index contributed by atoms with van der Waals surface area (Å²) >= 11 is 0. The molecule has 2 heteroatoms. The fourth-order valence-electron chi connectivity index (χ4n) is 2.36. The Morgan fingerprint density at radius 2 is 1.89 bits per heavy atom. The van der Waals surface area contributed by atoms with E-state index in [0.29, 0.717) is 0 Å². The summed E-state index contributed by atoms with van der Waals surface area (Å²) in [6, 6.07) is 13.1. The monoisotopic (exact) mass is 255 g/mol. The van der Waals surface area contributed by atoms with Crippen LogP contribution in [0.3, 0.4) is 0 Å². The number of hydrogen-bond donors (Lipinski definition) is 1. The van der Waals surface area contributed by atoms with E-state index in [1.807, 2.05) is 6.92 Å². The highest BCUT2D eigenvalue weighted by Gasteiger charge is 2.21. The quantitative estimate of drug-likeness (QED) is 0.887. The van der Waals surface area contributed by atoms with Crippen LogP contribution < -0.4 is 10.5 Å². The zero-order valence-electron chi connectivity index (χ0n) is 11.4. The largest absolute Gasteiger partial charge is 0.493 e. The van der Waals surface area contributed by atoms with Crippen LogP contribution in [0.5, 0.6) is 5.75 Å². The van der Waals surface area contributed by atoms with Crippen LogP contribution in [0.1, 0.15) is 25.3 Å². The molecule has 1 atom stereocenters. The van der Waals surface area contributed by atoms with Crippen molar-refractivity contribution >= 4 is 10.8 Å². The Labute approximate surface area is 114 Å². The van der Waals surface area contributed by atoms with Gasteiger partial charge in [0.05, 0.1) is 6.61 Å². The van der Waals surface area contributed by atoms with Gasteiger partial charge in [-0.15, -0.1) is 0 Å². The van der Waals surface area contributed by atoms with E-state index in [4.69, 9.17) is 10.5 Å². The predicted octanol–water partition coefficient (Wildman–Crippen LogP) is 3.52. The van der Waals surface area contributed by atoms with Gasteiger partial charge in [0.15, 0.2) is 0 Å². The minimum atomic E-state index is 0.207. The van der Waals surface area contributed by atoms with E-state index < -0.39 is 0 Å². The van der Waals surface area contributed by atoms with Crippen molar-refractivity contribution in [2.75, 3.05) is 6.61 Å². The Balaban J connectivity index is 1.78. The summed E-state index contributed by atoms with van der Waals surface area (Å²) in [4.78, 5) is 0. The SMILES string of the molecule is CC(N)Cc1ccc2cc(OCC3CC3)ccc2c1. The van der Waals surface area contributed by atoms with E-state index in [1.54, 1.807) is 0 Å². The number of ether oxygens (including phenoxy) is 1. The van der Waals surface area contributed by atoms with Crippen LogP contribution in [0.4, 0.5) is 0 Å². The normalized spacial score (nSPS) is 16.5. The van der Waals surface area contributed by atoms with Crippen molar-refractivity contribution < 1.29 is 4.74 Å². The van der Waals surface area contributed by atoms with Crippen LogP contribution >= 0.6 is 0 Å². The zero-order chi connectivity index (χ0) is 13.2. The second-order valence-electron chi connectivity index (χ2n) is 5.78. The van der Waals surface area contributed by atoms with Gasteiger partial charge >= 0.3 is 0 Å². The van der Waals surface area contributed by atoms with Crippen LogP contribution in [0.15, 0.2) is 36.4 Å². The standard InChI is InChI=1S/C17H21NO/c1-12(18)8-14-4-5-16-10-17(7-6-15(16)9-14)19-11-13-2-3-13/h4-7,9-10,12-13H,2-3,8,11,18H2,1H3. The molecule has 1 saturated carbocycles. The van der Waals surface area contributed by atoms with Crippen molar-refractivity contribution in [2.45, 2.75) is 32.2 Å². The average Bonchev–Trinajstić information content (AvgIpc) is 3.19. The molecule has 0 bridgehead atoms. The molecule has 19 heavy (non-hydrogen) atoms. The molecule has 2 aromatic rings. The first-order valence-corrected chi connectivity index (χ1v) is 7.12.